The summed E-state index contributed by atoms with van der Waals surface area (Å²) in [6, 6.07) is 1.68. The van der Waals surface area contributed by atoms with Crippen LogP contribution >= 0.6 is 11.6 Å². The lowest BCUT2D eigenvalue weighted by Crippen LogP contribution is -2.12. The Morgan fingerprint density at radius 3 is 2.94 bits per heavy atom. The molecule has 1 aromatic carbocycles. The Labute approximate surface area is 98.1 Å². The summed E-state index contributed by atoms with van der Waals surface area (Å²) in [7, 11) is 3.09. The first-order valence-electron chi connectivity index (χ1n) is 4.68. The molecule has 0 fully saturated rings. The zero-order valence-corrected chi connectivity index (χ0v) is 9.76. The first kappa shape index (κ1) is 11.3. The van der Waals surface area contributed by atoms with Gasteiger partial charge in [-0.2, -0.15) is 5.48 Å². The van der Waals surface area contributed by atoms with Crippen LogP contribution in [-0.4, -0.2) is 21.0 Å². The Kier molecular flexibility index (Phi) is 3.38. The third-order valence-electron chi connectivity index (χ3n) is 2.26. The number of ether oxygens (including phenoxy) is 3. The van der Waals surface area contributed by atoms with Crippen LogP contribution in [0.4, 0.5) is 0 Å². The van der Waals surface area contributed by atoms with E-state index in [9.17, 15) is 0 Å². The van der Waals surface area contributed by atoms with Gasteiger partial charge in [-0.1, -0.05) is 11.6 Å². The van der Waals surface area contributed by atoms with Crippen molar-refractivity contribution in [3.63, 3.8) is 0 Å². The SMILES string of the molecule is CONCc1c(OC)c(Cl)cc2c1OCO2. The number of hydroxylamine groups is 1. The highest BCUT2D eigenvalue weighted by Crippen LogP contribution is 2.45. The fraction of sp³-hybridized carbons (Fsp3) is 0.400. The minimum Gasteiger partial charge on any atom is -0.495 e. The zero-order chi connectivity index (χ0) is 11.5. The summed E-state index contributed by atoms with van der Waals surface area (Å²) in [4.78, 5) is 4.80. The Hall–Kier alpha value is -1.17. The molecule has 1 N–H and O–H groups in total. The summed E-state index contributed by atoms with van der Waals surface area (Å²) < 4.78 is 15.9. The highest BCUT2D eigenvalue weighted by atomic mass is 35.5. The molecule has 5 nitrogen and oxygen atoms in total. The fourth-order valence-corrected chi connectivity index (χ4v) is 1.88. The molecule has 0 bridgehead atoms. The van der Waals surface area contributed by atoms with E-state index in [1.807, 2.05) is 0 Å². The number of halogens is 1. The third-order valence-corrected chi connectivity index (χ3v) is 2.54. The smallest absolute Gasteiger partial charge is 0.231 e. The van der Waals surface area contributed by atoms with E-state index in [2.05, 4.69) is 5.48 Å². The number of hydrogen-bond acceptors (Lipinski definition) is 5. The molecule has 0 aromatic heterocycles. The van der Waals surface area contributed by atoms with Crippen molar-refractivity contribution in [2.24, 2.45) is 0 Å². The van der Waals surface area contributed by atoms with Crippen LogP contribution in [0.15, 0.2) is 6.07 Å². The minimum absolute atomic E-state index is 0.193. The maximum atomic E-state index is 6.06. The van der Waals surface area contributed by atoms with E-state index in [1.165, 1.54) is 7.11 Å². The average molecular weight is 246 g/mol. The molecular formula is C10H12ClNO4. The maximum Gasteiger partial charge on any atom is 0.231 e. The molecule has 2 rings (SSSR count). The molecule has 0 atom stereocenters. The topological polar surface area (TPSA) is 49.0 Å². The number of nitrogens with one attached hydrogen (secondary N) is 1. The lowest BCUT2D eigenvalue weighted by Gasteiger charge is -2.13. The van der Waals surface area contributed by atoms with Gasteiger partial charge in [-0.3, -0.25) is 0 Å². The summed E-state index contributed by atoms with van der Waals surface area (Å²) in [5, 5.41) is 0.486. The largest absolute Gasteiger partial charge is 0.495 e. The van der Waals surface area contributed by atoms with E-state index < -0.39 is 0 Å². The van der Waals surface area contributed by atoms with Crippen LogP contribution in [0.1, 0.15) is 5.56 Å². The number of methoxy groups -OCH3 is 1. The Balaban J connectivity index is 2.44. The number of rotatable bonds is 4. The van der Waals surface area contributed by atoms with E-state index in [4.69, 9.17) is 30.6 Å². The van der Waals surface area contributed by atoms with Gasteiger partial charge in [-0.05, 0) is 0 Å². The van der Waals surface area contributed by atoms with Crippen molar-refractivity contribution in [1.82, 2.24) is 5.48 Å². The van der Waals surface area contributed by atoms with Gasteiger partial charge in [0.05, 0.1) is 31.4 Å². The molecule has 0 amide bonds. The molecule has 1 heterocycles. The van der Waals surface area contributed by atoms with E-state index in [0.29, 0.717) is 28.8 Å². The number of benzene rings is 1. The summed E-state index contributed by atoms with van der Waals surface area (Å²) in [5.41, 5.74) is 3.50. The highest BCUT2D eigenvalue weighted by molar-refractivity contribution is 6.32. The van der Waals surface area contributed by atoms with Crippen LogP contribution in [0.5, 0.6) is 17.2 Å². The molecule has 0 spiro atoms. The van der Waals surface area contributed by atoms with E-state index in [-0.39, 0.29) is 6.79 Å². The summed E-state index contributed by atoms with van der Waals surface area (Å²) in [6.45, 7) is 0.616. The van der Waals surface area contributed by atoms with Gasteiger partial charge in [0.1, 0.15) is 5.75 Å². The van der Waals surface area contributed by atoms with Crippen LogP contribution in [0.2, 0.25) is 5.02 Å². The maximum absolute atomic E-state index is 6.06. The Morgan fingerprint density at radius 1 is 1.44 bits per heavy atom. The van der Waals surface area contributed by atoms with Gasteiger partial charge in [0, 0.05) is 6.07 Å². The molecule has 0 saturated heterocycles. The summed E-state index contributed by atoms with van der Waals surface area (Å²) in [6.07, 6.45) is 0. The minimum atomic E-state index is 0.193. The normalized spacial score (nSPS) is 12.9. The molecular weight excluding hydrogens is 234 g/mol. The average Bonchev–Trinajstić information content (AvgIpc) is 2.72. The van der Waals surface area contributed by atoms with Crippen molar-refractivity contribution in [2.45, 2.75) is 6.54 Å². The van der Waals surface area contributed by atoms with Crippen LogP contribution in [0.3, 0.4) is 0 Å². The van der Waals surface area contributed by atoms with Crippen LogP contribution in [0.25, 0.3) is 0 Å². The van der Waals surface area contributed by atoms with Gasteiger partial charge in [0.25, 0.3) is 0 Å². The molecule has 88 valence electrons. The van der Waals surface area contributed by atoms with E-state index >= 15 is 0 Å². The highest BCUT2D eigenvalue weighted by Gasteiger charge is 2.24. The second-order valence-electron chi connectivity index (χ2n) is 3.13. The predicted octanol–water partition coefficient (Wildman–Crippen LogP) is 1.73. The standard InChI is InChI=1S/C10H12ClNO4/c1-13-9-6(4-12-14-2)10-8(3-7(9)11)15-5-16-10/h3,12H,4-5H2,1-2H3. The quantitative estimate of drug-likeness (QED) is 0.819. The lowest BCUT2D eigenvalue weighted by molar-refractivity contribution is 0.0851. The van der Waals surface area contributed by atoms with E-state index in [1.54, 1.807) is 13.2 Å². The van der Waals surface area contributed by atoms with Crippen molar-refractivity contribution in [1.29, 1.82) is 0 Å². The van der Waals surface area contributed by atoms with Gasteiger partial charge in [-0.25, -0.2) is 0 Å². The van der Waals surface area contributed by atoms with Gasteiger partial charge < -0.3 is 19.0 Å². The van der Waals surface area contributed by atoms with Crippen molar-refractivity contribution < 1.29 is 19.0 Å². The predicted molar refractivity (Wildman–Crippen MR) is 58.0 cm³/mol. The molecule has 0 saturated carbocycles. The molecule has 6 heteroatoms. The van der Waals surface area contributed by atoms with Gasteiger partial charge >= 0.3 is 0 Å². The van der Waals surface area contributed by atoms with Crippen LogP contribution in [0, 0.1) is 0 Å². The van der Waals surface area contributed by atoms with Crippen molar-refractivity contribution in [2.75, 3.05) is 21.0 Å². The first-order chi connectivity index (χ1) is 7.77. The van der Waals surface area contributed by atoms with Crippen molar-refractivity contribution >= 4 is 11.6 Å². The second-order valence-corrected chi connectivity index (χ2v) is 3.54. The van der Waals surface area contributed by atoms with Crippen molar-refractivity contribution in [3.05, 3.63) is 16.7 Å². The van der Waals surface area contributed by atoms with Gasteiger partial charge in [0.15, 0.2) is 11.5 Å². The van der Waals surface area contributed by atoms with Crippen LogP contribution in [-0.2, 0) is 11.4 Å². The molecule has 16 heavy (non-hydrogen) atoms. The van der Waals surface area contributed by atoms with Crippen molar-refractivity contribution in [3.8, 4) is 17.2 Å². The summed E-state index contributed by atoms with van der Waals surface area (Å²) >= 11 is 6.06. The Bertz CT molecular complexity index is 393. The number of fused-ring (bicyclic) bond motifs is 1. The monoisotopic (exact) mass is 245 g/mol. The van der Waals surface area contributed by atoms with E-state index in [0.717, 1.165) is 5.56 Å². The third kappa shape index (κ3) is 1.89. The molecule has 0 radical (unpaired) electrons. The molecule has 0 unspecified atom stereocenters. The molecule has 1 aliphatic rings. The zero-order valence-electron chi connectivity index (χ0n) is 9.00. The van der Waals surface area contributed by atoms with Gasteiger partial charge in [-0.15, -0.1) is 0 Å². The number of hydrogen-bond donors (Lipinski definition) is 1. The molecule has 0 aliphatic carbocycles. The first-order valence-corrected chi connectivity index (χ1v) is 5.06. The lowest BCUT2D eigenvalue weighted by atomic mass is 10.1. The summed E-state index contributed by atoms with van der Waals surface area (Å²) in [5.74, 6) is 1.83. The van der Waals surface area contributed by atoms with Gasteiger partial charge in [0.2, 0.25) is 6.79 Å². The fourth-order valence-electron chi connectivity index (χ4n) is 1.59. The Morgan fingerprint density at radius 2 is 2.25 bits per heavy atom. The van der Waals surface area contributed by atoms with Crippen LogP contribution < -0.4 is 19.7 Å². The molecule has 1 aromatic rings. The molecule has 1 aliphatic heterocycles. The second kappa shape index (κ2) is 4.78.